The standard InChI is InChI=1S/C15H17N3S/c1-10-6-8-11(9-7-10)16-14-12-4-3-5-13(12)17-15(18-14)19-2/h6-9H,3-5H2,1-2H3,(H,16,17,18). The molecule has 0 unspecified atom stereocenters. The smallest absolute Gasteiger partial charge is 0.189 e. The summed E-state index contributed by atoms with van der Waals surface area (Å²) in [5.74, 6) is 0.982. The highest BCUT2D eigenvalue weighted by Gasteiger charge is 2.19. The van der Waals surface area contributed by atoms with Crippen molar-refractivity contribution >= 4 is 23.3 Å². The molecular weight excluding hydrogens is 254 g/mol. The Labute approximate surface area is 117 Å². The fraction of sp³-hybridized carbons (Fsp3) is 0.333. The van der Waals surface area contributed by atoms with Crippen molar-refractivity contribution in [3.05, 3.63) is 41.1 Å². The van der Waals surface area contributed by atoms with Crippen molar-refractivity contribution in [3.63, 3.8) is 0 Å². The van der Waals surface area contributed by atoms with Crippen LogP contribution in [0, 0.1) is 6.92 Å². The molecule has 0 amide bonds. The molecular formula is C15H17N3S. The van der Waals surface area contributed by atoms with Crippen LogP contribution >= 0.6 is 11.8 Å². The van der Waals surface area contributed by atoms with Gasteiger partial charge in [0.1, 0.15) is 5.82 Å². The Bertz CT molecular complexity index is 593. The first-order chi connectivity index (χ1) is 9.26. The van der Waals surface area contributed by atoms with Crippen molar-refractivity contribution < 1.29 is 0 Å². The van der Waals surface area contributed by atoms with Crippen LogP contribution in [-0.4, -0.2) is 16.2 Å². The summed E-state index contributed by atoms with van der Waals surface area (Å²) in [6.07, 6.45) is 5.36. The van der Waals surface area contributed by atoms with E-state index in [1.165, 1.54) is 23.2 Å². The van der Waals surface area contributed by atoms with Gasteiger partial charge in [0.05, 0.1) is 5.69 Å². The molecule has 3 rings (SSSR count). The Morgan fingerprint density at radius 2 is 1.89 bits per heavy atom. The molecule has 0 spiro atoms. The number of hydrogen-bond donors (Lipinski definition) is 1. The summed E-state index contributed by atoms with van der Waals surface area (Å²) in [5, 5.41) is 4.30. The Kier molecular flexibility index (Phi) is 3.42. The SMILES string of the molecule is CSc1nc2c(c(Nc3ccc(C)cc3)n1)CCC2. The summed E-state index contributed by atoms with van der Waals surface area (Å²) in [5.41, 5.74) is 4.86. The van der Waals surface area contributed by atoms with Crippen LogP contribution in [0.4, 0.5) is 11.5 Å². The fourth-order valence-electron chi connectivity index (χ4n) is 2.38. The van der Waals surface area contributed by atoms with Crippen LogP contribution in [0.15, 0.2) is 29.4 Å². The van der Waals surface area contributed by atoms with Gasteiger partial charge in [-0.05, 0) is 44.6 Å². The van der Waals surface area contributed by atoms with Gasteiger partial charge < -0.3 is 5.32 Å². The lowest BCUT2D eigenvalue weighted by Crippen LogP contribution is -2.03. The Morgan fingerprint density at radius 1 is 1.11 bits per heavy atom. The van der Waals surface area contributed by atoms with Gasteiger partial charge in [-0.3, -0.25) is 0 Å². The number of hydrogen-bond acceptors (Lipinski definition) is 4. The molecule has 4 heteroatoms. The molecule has 2 aromatic rings. The molecule has 3 nitrogen and oxygen atoms in total. The zero-order valence-electron chi connectivity index (χ0n) is 11.2. The highest BCUT2D eigenvalue weighted by atomic mass is 32.2. The summed E-state index contributed by atoms with van der Waals surface area (Å²) in [4.78, 5) is 9.22. The molecule has 1 heterocycles. The van der Waals surface area contributed by atoms with E-state index in [-0.39, 0.29) is 0 Å². The number of rotatable bonds is 3. The maximum absolute atomic E-state index is 4.62. The van der Waals surface area contributed by atoms with Crippen LogP contribution in [0.5, 0.6) is 0 Å². The third-order valence-corrected chi connectivity index (χ3v) is 3.96. The number of nitrogens with one attached hydrogen (secondary N) is 1. The van der Waals surface area contributed by atoms with Crippen LogP contribution in [0.25, 0.3) is 0 Å². The lowest BCUT2D eigenvalue weighted by molar-refractivity contribution is 0.879. The molecule has 0 saturated carbocycles. The number of anilines is 2. The maximum Gasteiger partial charge on any atom is 0.189 e. The summed E-state index contributed by atoms with van der Waals surface area (Å²) in [6.45, 7) is 2.10. The van der Waals surface area contributed by atoms with Gasteiger partial charge >= 0.3 is 0 Å². The minimum atomic E-state index is 0.857. The van der Waals surface area contributed by atoms with Gasteiger partial charge in [0.2, 0.25) is 0 Å². The molecule has 19 heavy (non-hydrogen) atoms. The molecule has 1 aliphatic carbocycles. The van der Waals surface area contributed by atoms with Crippen molar-refractivity contribution in [1.29, 1.82) is 0 Å². The van der Waals surface area contributed by atoms with Gasteiger partial charge in [-0.25, -0.2) is 9.97 Å². The first kappa shape index (κ1) is 12.5. The molecule has 98 valence electrons. The number of thioether (sulfide) groups is 1. The van der Waals surface area contributed by atoms with E-state index in [1.54, 1.807) is 11.8 Å². The van der Waals surface area contributed by atoms with Crippen LogP contribution in [0.3, 0.4) is 0 Å². The molecule has 1 aliphatic rings. The summed E-state index contributed by atoms with van der Waals surface area (Å²) < 4.78 is 0. The summed E-state index contributed by atoms with van der Waals surface area (Å²) in [7, 11) is 0. The minimum absolute atomic E-state index is 0.857. The largest absolute Gasteiger partial charge is 0.340 e. The van der Waals surface area contributed by atoms with Gasteiger partial charge in [0, 0.05) is 11.3 Å². The molecule has 1 N–H and O–H groups in total. The topological polar surface area (TPSA) is 37.8 Å². The summed E-state index contributed by atoms with van der Waals surface area (Å²) in [6, 6.07) is 8.41. The van der Waals surface area contributed by atoms with E-state index in [2.05, 4.69) is 46.5 Å². The monoisotopic (exact) mass is 271 g/mol. The Morgan fingerprint density at radius 3 is 2.63 bits per heavy atom. The van der Waals surface area contributed by atoms with Crippen LogP contribution < -0.4 is 5.32 Å². The first-order valence-electron chi connectivity index (χ1n) is 6.54. The van der Waals surface area contributed by atoms with Gasteiger partial charge in [0.15, 0.2) is 5.16 Å². The Balaban J connectivity index is 1.95. The van der Waals surface area contributed by atoms with E-state index in [9.17, 15) is 0 Å². The van der Waals surface area contributed by atoms with E-state index >= 15 is 0 Å². The molecule has 0 radical (unpaired) electrons. The van der Waals surface area contributed by atoms with Crippen LogP contribution in [0.2, 0.25) is 0 Å². The first-order valence-corrected chi connectivity index (χ1v) is 7.76. The lowest BCUT2D eigenvalue weighted by atomic mass is 10.2. The number of fused-ring (bicyclic) bond motifs is 1. The molecule has 1 aromatic carbocycles. The maximum atomic E-state index is 4.62. The van der Waals surface area contributed by atoms with Crippen molar-refractivity contribution in [2.75, 3.05) is 11.6 Å². The van der Waals surface area contributed by atoms with E-state index in [4.69, 9.17) is 0 Å². The number of aromatic nitrogens is 2. The van der Waals surface area contributed by atoms with Crippen molar-refractivity contribution in [2.24, 2.45) is 0 Å². The number of benzene rings is 1. The molecule has 0 aliphatic heterocycles. The Hall–Kier alpha value is -1.55. The second kappa shape index (κ2) is 5.21. The van der Waals surface area contributed by atoms with Gasteiger partial charge in [-0.2, -0.15) is 0 Å². The van der Waals surface area contributed by atoms with Crippen LogP contribution in [0.1, 0.15) is 23.2 Å². The second-order valence-electron chi connectivity index (χ2n) is 4.83. The minimum Gasteiger partial charge on any atom is -0.340 e. The van der Waals surface area contributed by atoms with E-state index < -0.39 is 0 Å². The van der Waals surface area contributed by atoms with Crippen LogP contribution in [-0.2, 0) is 12.8 Å². The lowest BCUT2D eigenvalue weighted by Gasteiger charge is -2.11. The second-order valence-corrected chi connectivity index (χ2v) is 5.60. The predicted molar refractivity (Wildman–Crippen MR) is 80.3 cm³/mol. The molecule has 0 bridgehead atoms. The third kappa shape index (κ3) is 2.59. The zero-order valence-corrected chi connectivity index (χ0v) is 12.0. The van der Waals surface area contributed by atoms with Crippen molar-refractivity contribution in [1.82, 2.24) is 9.97 Å². The molecule has 0 saturated heterocycles. The molecule has 0 atom stereocenters. The normalized spacial score (nSPS) is 13.4. The van der Waals surface area contributed by atoms with Crippen molar-refractivity contribution in [2.45, 2.75) is 31.3 Å². The van der Waals surface area contributed by atoms with Crippen molar-refractivity contribution in [3.8, 4) is 0 Å². The zero-order chi connectivity index (χ0) is 13.2. The molecule has 0 fully saturated rings. The highest BCUT2D eigenvalue weighted by Crippen LogP contribution is 2.30. The predicted octanol–water partition coefficient (Wildman–Crippen LogP) is 3.74. The van der Waals surface area contributed by atoms with Gasteiger partial charge in [0.25, 0.3) is 0 Å². The number of nitrogens with zero attached hydrogens (tertiary/aromatic N) is 2. The van der Waals surface area contributed by atoms with E-state index in [0.717, 1.165) is 29.5 Å². The quantitative estimate of drug-likeness (QED) is 0.681. The number of aryl methyl sites for hydroxylation is 2. The fourth-order valence-corrected chi connectivity index (χ4v) is 2.76. The highest BCUT2D eigenvalue weighted by molar-refractivity contribution is 7.98. The van der Waals surface area contributed by atoms with Gasteiger partial charge in [-0.1, -0.05) is 29.5 Å². The van der Waals surface area contributed by atoms with E-state index in [0.29, 0.717) is 0 Å². The average molecular weight is 271 g/mol. The third-order valence-electron chi connectivity index (χ3n) is 3.41. The van der Waals surface area contributed by atoms with E-state index in [1.807, 2.05) is 6.26 Å². The molecule has 1 aromatic heterocycles. The summed E-state index contributed by atoms with van der Waals surface area (Å²) >= 11 is 1.60. The average Bonchev–Trinajstić information content (AvgIpc) is 2.89. The van der Waals surface area contributed by atoms with Gasteiger partial charge in [-0.15, -0.1) is 0 Å².